The predicted octanol–water partition coefficient (Wildman–Crippen LogP) is 6.34. The number of furan rings is 1. The summed E-state index contributed by atoms with van der Waals surface area (Å²) < 4.78 is 24.5. The number of hydrogen-bond donors (Lipinski definition) is 0. The van der Waals surface area contributed by atoms with Crippen molar-refractivity contribution in [1.82, 2.24) is 19.4 Å². The Kier molecular flexibility index (Phi) is 7.45. The number of halogens is 1. The first-order valence-corrected chi connectivity index (χ1v) is 15.1. The fraction of sp³-hybridized carbons (Fsp3) is 0.323. The first-order valence-electron chi connectivity index (χ1n) is 13.9. The van der Waals surface area contributed by atoms with Crippen LogP contribution in [0.4, 0.5) is 0 Å². The molecule has 7 rings (SSSR count). The Bertz CT molecular complexity index is 1800. The van der Waals surface area contributed by atoms with E-state index in [0.717, 1.165) is 77.5 Å². The Morgan fingerprint density at radius 2 is 2.12 bits per heavy atom. The number of fused-ring (bicyclic) bond motifs is 2. The molecule has 1 fully saturated rings. The molecule has 0 radical (unpaired) electrons. The third kappa shape index (κ3) is 5.31. The van der Waals surface area contributed by atoms with Crippen LogP contribution >= 0.6 is 22.9 Å². The number of carbonyl (C=O) groups is 1. The smallest absolute Gasteiger partial charge is 0.348 e. The molecule has 2 aliphatic rings. The summed E-state index contributed by atoms with van der Waals surface area (Å²) in [5, 5.41) is 1.53. The average molecular weight is 605 g/mol. The van der Waals surface area contributed by atoms with Crippen molar-refractivity contribution in [3.63, 3.8) is 0 Å². The third-order valence-electron chi connectivity index (χ3n) is 7.82. The van der Waals surface area contributed by atoms with Crippen molar-refractivity contribution < 1.29 is 23.4 Å². The normalized spacial score (nSPS) is 17.4. The van der Waals surface area contributed by atoms with Gasteiger partial charge in [-0.25, -0.2) is 14.8 Å². The number of carbonyl (C=O) groups excluding carboxylic acids is 1. The van der Waals surface area contributed by atoms with Gasteiger partial charge in [-0.2, -0.15) is 0 Å². The highest BCUT2D eigenvalue weighted by Gasteiger charge is 2.25. The molecule has 5 aromatic rings. The molecule has 9 nitrogen and oxygen atoms in total. The van der Waals surface area contributed by atoms with Gasteiger partial charge in [0.1, 0.15) is 27.7 Å². The van der Waals surface area contributed by atoms with Crippen LogP contribution in [0, 0.1) is 0 Å². The molecule has 2 aliphatic heterocycles. The maximum atomic E-state index is 12.1. The summed E-state index contributed by atoms with van der Waals surface area (Å²) >= 11 is 7.65. The van der Waals surface area contributed by atoms with Gasteiger partial charge in [-0.3, -0.25) is 4.90 Å². The van der Waals surface area contributed by atoms with Gasteiger partial charge in [0.25, 0.3) is 0 Å². The molecule has 1 atom stereocenters. The number of methoxy groups -OCH3 is 1. The minimum atomic E-state index is -0.331. The van der Waals surface area contributed by atoms with Gasteiger partial charge in [-0.15, -0.1) is 11.3 Å². The molecule has 216 valence electrons. The molecule has 4 aromatic heterocycles. The van der Waals surface area contributed by atoms with Crippen LogP contribution < -0.4 is 4.74 Å². The van der Waals surface area contributed by atoms with Crippen LogP contribution in [0.5, 0.6) is 5.88 Å². The van der Waals surface area contributed by atoms with E-state index in [1.165, 1.54) is 24.0 Å². The Morgan fingerprint density at radius 3 is 2.90 bits per heavy atom. The summed E-state index contributed by atoms with van der Waals surface area (Å²) in [6, 6.07) is 13.4. The molecule has 0 saturated carbocycles. The number of aromatic nitrogens is 3. The second kappa shape index (κ2) is 11.5. The van der Waals surface area contributed by atoms with Crippen molar-refractivity contribution >= 4 is 55.8 Å². The van der Waals surface area contributed by atoms with Crippen molar-refractivity contribution in [2.75, 3.05) is 26.8 Å². The van der Waals surface area contributed by atoms with Crippen LogP contribution in [0.2, 0.25) is 5.02 Å². The lowest BCUT2D eigenvalue weighted by molar-refractivity contribution is -0.0591. The van der Waals surface area contributed by atoms with E-state index in [2.05, 4.69) is 15.5 Å². The van der Waals surface area contributed by atoms with Crippen LogP contribution in [0.25, 0.3) is 26.9 Å². The van der Waals surface area contributed by atoms with Gasteiger partial charge in [0, 0.05) is 36.7 Å². The van der Waals surface area contributed by atoms with Crippen LogP contribution in [-0.4, -0.2) is 58.3 Å². The zero-order chi connectivity index (χ0) is 28.6. The number of pyridine rings is 1. The van der Waals surface area contributed by atoms with E-state index in [4.69, 9.17) is 40.2 Å². The summed E-state index contributed by atoms with van der Waals surface area (Å²) in [6.07, 6.45) is 5.96. The average Bonchev–Trinajstić information content (AvgIpc) is 3.71. The summed E-state index contributed by atoms with van der Waals surface area (Å²) in [5.74, 6) is 1.22. The Balaban J connectivity index is 1.03. The van der Waals surface area contributed by atoms with Crippen molar-refractivity contribution in [1.29, 1.82) is 0 Å². The number of esters is 1. The van der Waals surface area contributed by atoms with Gasteiger partial charge >= 0.3 is 5.97 Å². The summed E-state index contributed by atoms with van der Waals surface area (Å²) in [7, 11) is 1.40. The molecule has 0 spiro atoms. The quantitative estimate of drug-likeness (QED) is 0.180. The van der Waals surface area contributed by atoms with Crippen LogP contribution in [0.1, 0.15) is 39.6 Å². The molecule has 42 heavy (non-hydrogen) atoms. The van der Waals surface area contributed by atoms with Crippen molar-refractivity contribution in [3.8, 4) is 5.88 Å². The molecule has 0 amide bonds. The molecule has 11 heteroatoms. The van der Waals surface area contributed by atoms with E-state index in [9.17, 15) is 4.79 Å². The van der Waals surface area contributed by atoms with E-state index in [1.54, 1.807) is 6.26 Å². The maximum absolute atomic E-state index is 12.1. The highest BCUT2D eigenvalue weighted by molar-refractivity contribution is 7.20. The minimum Gasteiger partial charge on any atom is -0.473 e. The van der Waals surface area contributed by atoms with Gasteiger partial charge in [-0.1, -0.05) is 29.8 Å². The van der Waals surface area contributed by atoms with E-state index in [0.29, 0.717) is 28.9 Å². The Labute approximate surface area is 251 Å². The largest absolute Gasteiger partial charge is 0.473 e. The predicted molar refractivity (Wildman–Crippen MR) is 161 cm³/mol. The van der Waals surface area contributed by atoms with E-state index >= 15 is 0 Å². The van der Waals surface area contributed by atoms with Gasteiger partial charge in [-0.05, 0) is 42.7 Å². The second-order valence-corrected chi connectivity index (χ2v) is 11.9. The molecule has 6 heterocycles. The fourth-order valence-electron chi connectivity index (χ4n) is 5.43. The number of imidazole rings is 1. The molecule has 1 aromatic carbocycles. The van der Waals surface area contributed by atoms with Crippen LogP contribution in [-0.2, 0) is 29.2 Å². The Morgan fingerprint density at radius 1 is 1.21 bits per heavy atom. The number of ether oxygens (including phenoxy) is 3. The minimum absolute atomic E-state index is 0.181. The second-order valence-electron chi connectivity index (χ2n) is 10.4. The first-order chi connectivity index (χ1) is 20.6. The zero-order valence-electron chi connectivity index (χ0n) is 23.0. The Hall–Kier alpha value is -3.70. The fourth-order valence-corrected chi connectivity index (χ4v) is 6.61. The highest BCUT2D eigenvalue weighted by Crippen LogP contribution is 2.31. The standard InChI is InChI=1S/C31H29ClN4O5S/c1-38-31(37)26-15-25-30(42-26)34-27(36(25)16-21-9-13-39-21)17-35-11-7-19(8-12-35)24-3-2-4-28(33-24)41-18-20-5-6-23(32)22-10-14-40-29(20)22/h2-7,10,14-15,21H,8-9,11-13,16-18H2,1H3/t21-/m0/s1. The van der Waals surface area contributed by atoms with Gasteiger partial charge in [0.2, 0.25) is 5.88 Å². The van der Waals surface area contributed by atoms with E-state index in [1.807, 2.05) is 42.5 Å². The lowest BCUT2D eigenvalue weighted by atomic mass is 10.0. The van der Waals surface area contributed by atoms with E-state index in [-0.39, 0.29) is 12.1 Å². The van der Waals surface area contributed by atoms with Crippen molar-refractivity contribution in [2.45, 2.75) is 38.6 Å². The molecule has 0 aliphatic carbocycles. The van der Waals surface area contributed by atoms with Gasteiger partial charge < -0.3 is 23.2 Å². The molecular weight excluding hydrogens is 576 g/mol. The first kappa shape index (κ1) is 27.2. The van der Waals surface area contributed by atoms with Crippen LogP contribution in [0.3, 0.4) is 0 Å². The molecule has 0 N–H and O–H groups in total. The number of thiophene rings is 1. The zero-order valence-corrected chi connectivity index (χ0v) is 24.6. The molecule has 0 bridgehead atoms. The van der Waals surface area contributed by atoms with Crippen LogP contribution in [0.15, 0.2) is 59.2 Å². The number of hydrogen-bond acceptors (Lipinski definition) is 9. The number of rotatable bonds is 9. The highest BCUT2D eigenvalue weighted by atomic mass is 35.5. The van der Waals surface area contributed by atoms with E-state index < -0.39 is 0 Å². The molecular formula is C31H29ClN4O5S. The topological polar surface area (TPSA) is 91.9 Å². The summed E-state index contributed by atoms with van der Waals surface area (Å²) in [4.78, 5) is 25.6. The SMILES string of the molecule is COC(=O)c1cc2c(nc(CN3CC=C(c4cccc(OCc5ccc(Cl)c6ccoc56)n4)CC3)n2C[C@@H]2CCO2)s1. The third-order valence-corrected chi connectivity index (χ3v) is 9.15. The summed E-state index contributed by atoms with van der Waals surface area (Å²) in [6.45, 7) is 4.25. The lowest BCUT2D eigenvalue weighted by Gasteiger charge is -2.29. The van der Waals surface area contributed by atoms with Gasteiger partial charge in [0.15, 0.2) is 0 Å². The van der Waals surface area contributed by atoms with Crippen molar-refractivity contribution in [2.24, 2.45) is 0 Å². The maximum Gasteiger partial charge on any atom is 0.348 e. The van der Waals surface area contributed by atoms with Gasteiger partial charge in [0.05, 0.1) is 48.8 Å². The molecule has 1 saturated heterocycles. The monoisotopic (exact) mass is 604 g/mol. The lowest BCUT2D eigenvalue weighted by Crippen LogP contribution is -2.33. The molecule has 0 unspecified atom stereocenters. The summed E-state index contributed by atoms with van der Waals surface area (Å²) in [5.41, 5.74) is 4.74. The number of nitrogens with zero attached hydrogens (tertiary/aromatic N) is 4. The van der Waals surface area contributed by atoms with Crippen molar-refractivity contribution in [3.05, 3.63) is 81.8 Å². The number of benzene rings is 1.